The standard InChI is InChI=1S/C11H13F2NOS/c1-7-5-8(16-6-7)10(15)14-9-3-2-4-11(9,12)13/h5-6,9H,2-4H2,1H3,(H,14,15). The second-order valence-electron chi connectivity index (χ2n) is 4.17. The SMILES string of the molecule is Cc1csc(C(=O)NC2CCCC2(F)F)c1. The normalized spacial score (nSPS) is 23.3. The summed E-state index contributed by atoms with van der Waals surface area (Å²) in [4.78, 5) is 12.2. The molecular weight excluding hydrogens is 232 g/mol. The van der Waals surface area contributed by atoms with E-state index in [1.54, 1.807) is 6.07 Å². The molecule has 1 unspecified atom stereocenters. The first-order valence-electron chi connectivity index (χ1n) is 5.23. The molecule has 1 aliphatic carbocycles. The number of alkyl halides is 2. The maximum atomic E-state index is 13.3. The molecule has 2 nitrogen and oxygen atoms in total. The molecule has 5 heteroatoms. The van der Waals surface area contributed by atoms with Crippen LogP contribution >= 0.6 is 11.3 Å². The number of halogens is 2. The van der Waals surface area contributed by atoms with Gasteiger partial charge in [-0.1, -0.05) is 0 Å². The van der Waals surface area contributed by atoms with Gasteiger partial charge >= 0.3 is 0 Å². The second-order valence-corrected chi connectivity index (χ2v) is 5.08. The molecule has 1 atom stereocenters. The summed E-state index contributed by atoms with van der Waals surface area (Å²) in [5, 5.41) is 4.26. The van der Waals surface area contributed by atoms with E-state index in [0.717, 1.165) is 5.56 Å². The predicted octanol–water partition coefficient (Wildman–Crippen LogP) is 2.97. The average Bonchev–Trinajstić information content (AvgIpc) is 2.74. The van der Waals surface area contributed by atoms with Crippen LogP contribution in [0.25, 0.3) is 0 Å². The predicted molar refractivity (Wildman–Crippen MR) is 59.1 cm³/mol. The molecule has 1 saturated carbocycles. The molecule has 0 aliphatic heterocycles. The Morgan fingerprint density at radius 3 is 2.88 bits per heavy atom. The summed E-state index contributed by atoms with van der Waals surface area (Å²) in [6, 6.07) is 0.718. The van der Waals surface area contributed by atoms with Crippen LogP contribution in [0.3, 0.4) is 0 Å². The zero-order chi connectivity index (χ0) is 11.8. The third kappa shape index (κ3) is 2.24. The second kappa shape index (κ2) is 4.13. The van der Waals surface area contributed by atoms with E-state index < -0.39 is 12.0 Å². The van der Waals surface area contributed by atoms with Crippen molar-refractivity contribution < 1.29 is 13.6 Å². The zero-order valence-corrected chi connectivity index (χ0v) is 9.74. The van der Waals surface area contributed by atoms with Crippen LogP contribution in [0.4, 0.5) is 8.78 Å². The monoisotopic (exact) mass is 245 g/mol. The fourth-order valence-corrected chi connectivity index (χ4v) is 2.69. The average molecular weight is 245 g/mol. The third-order valence-corrected chi connectivity index (χ3v) is 3.82. The molecule has 0 aromatic carbocycles. The first kappa shape index (κ1) is 11.5. The number of thiophene rings is 1. The van der Waals surface area contributed by atoms with Crippen molar-refractivity contribution in [1.82, 2.24) is 5.32 Å². The minimum atomic E-state index is -2.75. The highest BCUT2D eigenvalue weighted by atomic mass is 32.1. The molecule has 88 valence electrons. The van der Waals surface area contributed by atoms with Gasteiger partial charge in [-0.2, -0.15) is 0 Å². The van der Waals surface area contributed by atoms with E-state index in [0.29, 0.717) is 17.7 Å². The van der Waals surface area contributed by atoms with Gasteiger partial charge in [-0.3, -0.25) is 4.79 Å². The van der Waals surface area contributed by atoms with E-state index in [2.05, 4.69) is 5.32 Å². The Morgan fingerprint density at radius 2 is 2.38 bits per heavy atom. The molecule has 0 spiro atoms. The van der Waals surface area contributed by atoms with Crippen molar-refractivity contribution in [2.75, 3.05) is 0 Å². The number of aryl methyl sites for hydroxylation is 1. The Hall–Kier alpha value is -0.970. The molecule has 0 bridgehead atoms. The lowest BCUT2D eigenvalue weighted by atomic mass is 10.2. The number of carbonyl (C=O) groups is 1. The lowest BCUT2D eigenvalue weighted by Gasteiger charge is -2.19. The van der Waals surface area contributed by atoms with Crippen LogP contribution in [-0.4, -0.2) is 17.9 Å². The van der Waals surface area contributed by atoms with Crippen molar-refractivity contribution >= 4 is 17.2 Å². The molecule has 1 fully saturated rings. The quantitative estimate of drug-likeness (QED) is 0.852. The van der Waals surface area contributed by atoms with Crippen LogP contribution in [0.5, 0.6) is 0 Å². The number of amides is 1. The summed E-state index contributed by atoms with van der Waals surface area (Å²) in [5.41, 5.74) is 0.980. The van der Waals surface area contributed by atoms with Crippen LogP contribution in [0.2, 0.25) is 0 Å². The van der Waals surface area contributed by atoms with Crippen molar-refractivity contribution in [2.45, 2.75) is 38.2 Å². The maximum Gasteiger partial charge on any atom is 0.267 e. The Bertz CT molecular complexity index is 402. The first-order chi connectivity index (χ1) is 7.49. The van der Waals surface area contributed by atoms with Crippen LogP contribution in [0, 0.1) is 6.92 Å². The van der Waals surface area contributed by atoms with Gasteiger partial charge in [0.1, 0.15) is 0 Å². The van der Waals surface area contributed by atoms with E-state index in [-0.39, 0.29) is 12.3 Å². The van der Waals surface area contributed by atoms with Gasteiger partial charge in [-0.25, -0.2) is 8.78 Å². The maximum absolute atomic E-state index is 13.3. The number of carbonyl (C=O) groups excluding carboxylic acids is 1. The van der Waals surface area contributed by atoms with Gasteiger partial charge in [0.15, 0.2) is 0 Å². The van der Waals surface area contributed by atoms with Crippen molar-refractivity contribution in [3.63, 3.8) is 0 Å². The molecule has 2 rings (SSSR count). The molecule has 1 aromatic rings. The molecule has 1 amide bonds. The summed E-state index contributed by atoms with van der Waals surface area (Å²) >= 11 is 1.28. The van der Waals surface area contributed by atoms with Crippen LogP contribution < -0.4 is 5.32 Å². The summed E-state index contributed by atoms with van der Waals surface area (Å²) < 4.78 is 26.6. The third-order valence-electron chi connectivity index (χ3n) is 2.77. The molecule has 1 N–H and O–H groups in total. The van der Waals surface area contributed by atoms with Crippen molar-refractivity contribution in [2.24, 2.45) is 0 Å². The Labute approximate surface area is 96.7 Å². The molecule has 16 heavy (non-hydrogen) atoms. The highest BCUT2D eigenvalue weighted by Crippen LogP contribution is 2.35. The number of hydrogen-bond acceptors (Lipinski definition) is 2. The van der Waals surface area contributed by atoms with Crippen molar-refractivity contribution in [3.05, 3.63) is 21.9 Å². The highest BCUT2D eigenvalue weighted by molar-refractivity contribution is 7.12. The number of rotatable bonds is 2. The van der Waals surface area contributed by atoms with Gasteiger partial charge in [-0.05, 0) is 36.8 Å². The molecule has 1 heterocycles. The topological polar surface area (TPSA) is 29.1 Å². The Kier molecular flexibility index (Phi) is 2.97. The van der Waals surface area contributed by atoms with Gasteiger partial charge in [0.25, 0.3) is 11.8 Å². The summed E-state index contributed by atoms with van der Waals surface area (Å²) in [7, 11) is 0. The van der Waals surface area contributed by atoms with E-state index in [1.165, 1.54) is 11.3 Å². The largest absolute Gasteiger partial charge is 0.343 e. The lowest BCUT2D eigenvalue weighted by Crippen LogP contribution is -2.43. The van der Waals surface area contributed by atoms with Crippen molar-refractivity contribution in [1.29, 1.82) is 0 Å². The van der Waals surface area contributed by atoms with E-state index >= 15 is 0 Å². The summed E-state index contributed by atoms with van der Waals surface area (Å²) in [5.74, 6) is -3.13. The smallest absolute Gasteiger partial charge is 0.267 e. The van der Waals surface area contributed by atoms with Gasteiger partial charge in [0.2, 0.25) is 0 Å². The number of hydrogen-bond donors (Lipinski definition) is 1. The van der Waals surface area contributed by atoms with Crippen molar-refractivity contribution in [3.8, 4) is 0 Å². The minimum absolute atomic E-state index is 0.124. The molecule has 0 radical (unpaired) electrons. The molecule has 1 aliphatic rings. The minimum Gasteiger partial charge on any atom is -0.343 e. The van der Waals surface area contributed by atoms with Gasteiger partial charge in [0, 0.05) is 6.42 Å². The first-order valence-corrected chi connectivity index (χ1v) is 6.11. The molecule has 0 saturated heterocycles. The summed E-state index contributed by atoms with van der Waals surface area (Å²) in [6.07, 6.45) is 0.714. The van der Waals surface area contributed by atoms with E-state index in [1.807, 2.05) is 12.3 Å². The van der Waals surface area contributed by atoms with Crippen LogP contribution in [0.1, 0.15) is 34.5 Å². The van der Waals surface area contributed by atoms with Gasteiger partial charge in [-0.15, -0.1) is 11.3 Å². The molecule has 1 aromatic heterocycles. The van der Waals surface area contributed by atoms with E-state index in [4.69, 9.17) is 0 Å². The van der Waals surface area contributed by atoms with Gasteiger partial charge < -0.3 is 5.32 Å². The molecular formula is C11H13F2NOS. The lowest BCUT2D eigenvalue weighted by molar-refractivity contribution is -0.0164. The number of nitrogens with one attached hydrogen (secondary N) is 1. The fourth-order valence-electron chi connectivity index (χ4n) is 1.88. The Morgan fingerprint density at radius 1 is 1.62 bits per heavy atom. The summed E-state index contributed by atoms with van der Waals surface area (Å²) in [6.45, 7) is 1.87. The van der Waals surface area contributed by atoms with Crippen LogP contribution in [0.15, 0.2) is 11.4 Å². The van der Waals surface area contributed by atoms with Crippen LogP contribution in [-0.2, 0) is 0 Å². The zero-order valence-electron chi connectivity index (χ0n) is 8.93. The highest BCUT2D eigenvalue weighted by Gasteiger charge is 2.44. The van der Waals surface area contributed by atoms with Gasteiger partial charge in [0.05, 0.1) is 10.9 Å². The van der Waals surface area contributed by atoms with E-state index in [9.17, 15) is 13.6 Å². The Balaban J connectivity index is 2.03. The fraction of sp³-hybridized carbons (Fsp3) is 0.545.